The Morgan fingerprint density at radius 2 is 1.73 bits per heavy atom. The summed E-state index contributed by atoms with van der Waals surface area (Å²) in [6.45, 7) is 3.30. The maximum Gasteiger partial charge on any atom is 0.329 e. The Morgan fingerprint density at radius 3 is 2.35 bits per heavy atom. The van der Waals surface area contributed by atoms with Gasteiger partial charge in [-0.1, -0.05) is 12.1 Å². The first-order valence-corrected chi connectivity index (χ1v) is 8.55. The number of nitrogens with one attached hydrogen (secondary N) is 1. The van der Waals surface area contributed by atoms with Crippen molar-refractivity contribution in [3.63, 3.8) is 0 Å². The van der Waals surface area contributed by atoms with E-state index in [1.165, 1.54) is 4.57 Å². The fourth-order valence-electron chi connectivity index (χ4n) is 2.89. The summed E-state index contributed by atoms with van der Waals surface area (Å²) >= 11 is 0. The zero-order chi connectivity index (χ0) is 18.5. The van der Waals surface area contributed by atoms with Gasteiger partial charge in [0.15, 0.2) is 0 Å². The van der Waals surface area contributed by atoms with E-state index in [0.29, 0.717) is 31.1 Å². The lowest BCUT2D eigenvalue weighted by Crippen LogP contribution is -2.29. The van der Waals surface area contributed by atoms with Gasteiger partial charge < -0.3 is 15.8 Å². The number of anilines is 1. The zero-order valence-electron chi connectivity index (χ0n) is 14.6. The molecule has 2 aromatic carbocycles. The monoisotopic (exact) mass is 354 g/mol. The van der Waals surface area contributed by atoms with Crippen LogP contribution in [0.4, 0.5) is 5.69 Å². The standard InChI is InChI=1S/C19H22N4O3/c1-2-22-16-5-3-4-6-17(16)23(19(22)25)13-18(24)21-14-7-9-15(10-8-14)26-12-11-20/h3-10H,2,11-13,20H2,1H3,(H,21,24). The van der Waals surface area contributed by atoms with Crippen LogP contribution in [0, 0.1) is 0 Å². The third kappa shape index (κ3) is 3.62. The van der Waals surface area contributed by atoms with Crippen LogP contribution < -0.4 is 21.5 Å². The van der Waals surface area contributed by atoms with E-state index in [1.807, 2.05) is 31.2 Å². The lowest BCUT2D eigenvalue weighted by molar-refractivity contribution is -0.116. The SMILES string of the molecule is CCn1c(=O)n(CC(=O)Nc2ccc(OCCN)cc2)c2ccccc21. The fourth-order valence-corrected chi connectivity index (χ4v) is 2.89. The Bertz CT molecular complexity index is 957. The van der Waals surface area contributed by atoms with Gasteiger partial charge in [-0.3, -0.25) is 13.9 Å². The highest BCUT2D eigenvalue weighted by Crippen LogP contribution is 2.16. The Balaban J connectivity index is 1.75. The number of hydrogen-bond donors (Lipinski definition) is 2. The molecule has 0 spiro atoms. The molecule has 0 aliphatic rings. The van der Waals surface area contributed by atoms with Crippen LogP contribution in [0.1, 0.15) is 6.92 Å². The average Bonchev–Trinajstić information content (AvgIpc) is 2.92. The molecule has 3 N–H and O–H groups in total. The van der Waals surface area contributed by atoms with Crippen LogP contribution in [0.3, 0.4) is 0 Å². The molecule has 3 rings (SSSR count). The number of benzene rings is 2. The minimum atomic E-state index is -0.262. The summed E-state index contributed by atoms with van der Waals surface area (Å²) in [5.41, 5.74) is 7.43. The highest BCUT2D eigenvalue weighted by Gasteiger charge is 2.14. The Kier molecular flexibility index (Phi) is 5.38. The Hall–Kier alpha value is -3.06. The first-order chi connectivity index (χ1) is 12.6. The van der Waals surface area contributed by atoms with Crippen LogP contribution in [-0.2, 0) is 17.9 Å². The molecule has 7 heteroatoms. The normalized spacial score (nSPS) is 10.8. The van der Waals surface area contributed by atoms with Crippen molar-refractivity contribution in [1.82, 2.24) is 9.13 Å². The van der Waals surface area contributed by atoms with Crippen molar-refractivity contribution in [1.29, 1.82) is 0 Å². The van der Waals surface area contributed by atoms with E-state index in [0.717, 1.165) is 11.0 Å². The minimum absolute atomic E-state index is 0.0439. The second-order valence-corrected chi connectivity index (χ2v) is 5.81. The van der Waals surface area contributed by atoms with Crippen molar-refractivity contribution in [2.75, 3.05) is 18.5 Å². The number of fused-ring (bicyclic) bond motifs is 1. The number of carbonyl (C=O) groups is 1. The molecule has 0 fully saturated rings. The number of nitrogens with zero attached hydrogens (tertiary/aromatic N) is 2. The molecule has 7 nitrogen and oxygen atoms in total. The van der Waals surface area contributed by atoms with Gasteiger partial charge in [0.2, 0.25) is 5.91 Å². The largest absolute Gasteiger partial charge is 0.492 e. The van der Waals surface area contributed by atoms with E-state index >= 15 is 0 Å². The molecule has 0 saturated carbocycles. The minimum Gasteiger partial charge on any atom is -0.492 e. The van der Waals surface area contributed by atoms with Gasteiger partial charge in [-0.2, -0.15) is 0 Å². The summed E-state index contributed by atoms with van der Waals surface area (Å²) in [6, 6.07) is 14.5. The van der Waals surface area contributed by atoms with E-state index in [9.17, 15) is 9.59 Å². The van der Waals surface area contributed by atoms with Gasteiger partial charge in [0.05, 0.1) is 11.0 Å². The van der Waals surface area contributed by atoms with Gasteiger partial charge in [-0.05, 0) is 43.3 Å². The van der Waals surface area contributed by atoms with Gasteiger partial charge in [0.1, 0.15) is 18.9 Å². The van der Waals surface area contributed by atoms with Crippen molar-refractivity contribution in [2.24, 2.45) is 5.73 Å². The summed E-state index contributed by atoms with van der Waals surface area (Å²) in [5, 5.41) is 2.80. The molecule has 3 aromatic rings. The second kappa shape index (κ2) is 7.88. The molecule has 0 atom stereocenters. The van der Waals surface area contributed by atoms with Crippen LogP contribution >= 0.6 is 0 Å². The Labute approximate surface area is 151 Å². The number of rotatable bonds is 7. The van der Waals surface area contributed by atoms with Crippen molar-refractivity contribution in [3.8, 4) is 5.75 Å². The maximum absolute atomic E-state index is 12.6. The third-order valence-corrected chi connectivity index (χ3v) is 4.07. The van der Waals surface area contributed by atoms with Crippen LogP contribution in [0.2, 0.25) is 0 Å². The quantitative estimate of drug-likeness (QED) is 0.677. The van der Waals surface area contributed by atoms with Gasteiger partial charge in [0.25, 0.3) is 0 Å². The molecule has 1 heterocycles. The van der Waals surface area contributed by atoms with E-state index in [1.54, 1.807) is 28.8 Å². The van der Waals surface area contributed by atoms with Crippen molar-refractivity contribution in [3.05, 3.63) is 59.0 Å². The number of carbonyl (C=O) groups excluding carboxylic acids is 1. The van der Waals surface area contributed by atoms with Gasteiger partial charge >= 0.3 is 5.69 Å². The molecular formula is C19H22N4O3. The molecule has 0 aliphatic heterocycles. The number of hydrogen-bond acceptors (Lipinski definition) is 4. The number of ether oxygens (including phenoxy) is 1. The molecule has 0 aliphatic carbocycles. The zero-order valence-corrected chi connectivity index (χ0v) is 14.6. The molecule has 136 valence electrons. The van der Waals surface area contributed by atoms with Crippen molar-refractivity contribution in [2.45, 2.75) is 20.0 Å². The van der Waals surface area contributed by atoms with Crippen LogP contribution in [-0.4, -0.2) is 28.2 Å². The van der Waals surface area contributed by atoms with Gasteiger partial charge in [-0.25, -0.2) is 4.79 Å². The summed E-state index contributed by atoms with van der Waals surface area (Å²) in [7, 11) is 0. The first kappa shape index (κ1) is 17.8. The topological polar surface area (TPSA) is 91.3 Å². The van der Waals surface area contributed by atoms with E-state index in [4.69, 9.17) is 10.5 Å². The predicted octanol–water partition coefficient (Wildman–Crippen LogP) is 1.80. The lowest BCUT2D eigenvalue weighted by Gasteiger charge is -2.08. The number of amides is 1. The number of aromatic nitrogens is 2. The second-order valence-electron chi connectivity index (χ2n) is 5.81. The van der Waals surface area contributed by atoms with E-state index < -0.39 is 0 Å². The molecule has 1 aromatic heterocycles. The molecule has 0 bridgehead atoms. The smallest absolute Gasteiger partial charge is 0.329 e. The van der Waals surface area contributed by atoms with Crippen molar-refractivity contribution < 1.29 is 9.53 Å². The van der Waals surface area contributed by atoms with Crippen LogP contribution in [0.15, 0.2) is 53.3 Å². The van der Waals surface area contributed by atoms with Crippen LogP contribution in [0.25, 0.3) is 11.0 Å². The first-order valence-electron chi connectivity index (χ1n) is 8.55. The van der Waals surface area contributed by atoms with Gasteiger partial charge in [-0.15, -0.1) is 0 Å². The predicted molar refractivity (Wildman–Crippen MR) is 101 cm³/mol. The van der Waals surface area contributed by atoms with Gasteiger partial charge in [0, 0.05) is 18.8 Å². The summed E-state index contributed by atoms with van der Waals surface area (Å²) in [4.78, 5) is 25.0. The van der Waals surface area contributed by atoms with Crippen molar-refractivity contribution >= 4 is 22.6 Å². The number of nitrogens with two attached hydrogens (primary N) is 1. The highest BCUT2D eigenvalue weighted by atomic mass is 16.5. The number of aryl methyl sites for hydroxylation is 1. The number of imidazole rings is 1. The maximum atomic E-state index is 12.6. The molecule has 0 radical (unpaired) electrons. The van der Waals surface area contributed by atoms with E-state index in [-0.39, 0.29) is 18.1 Å². The Morgan fingerprint density at radius 1 is 1.08 bits per heavy atom. The molecule has 1 amide bonds. The molecule has 0 unspecified atom stereocenters. The molecule has 26 heavy (non-hydrogen) atoms. The highest BCUT2D eigenvalue weighted by molar-refractivity contribution is 5.91. The summed E-state index contributed by atoms with van der Waals surface area (Å²) < 4.78 is 8.56. The molecular weight excluding hydrogens is 332 g/mol. The number of para-hydroxylation sites is 2. The summed E-state index contributed by atoms with van der Waals surface area (Å²) in [6.07, 6.45) is 0. The lowest BCUT2D eigenvalue weighted by atomic mass is 10.3. The molecule has 0 saturated heterocycles. The third-order valence-electron chi connectivity index (χ3n) is 4.07. The van der Waals surface area contributed by atoms with Crippen LogP contribution in [0.5, 0.6) is 5.75 Å². The fraction of sp³-hybridized carbons (Fsp3) is 0.263. The average molecular weight is 354 g/mol. The summed E-state index contributed by atoms with van der Waals surface area (Å²) in [5.74, 6) is 0.428. The van der Waals surface area contributed by atoms with E-state index in [2.05, 4.69) is 5.32 Å².